The number of hydrogen-bond acceptors (Lipinski definition) is 3. The Morgan fingerprint density at radius 2 is 2.10 bits per heavy atom. The van der Waals surface area contributed by atoms with Gasteiger partial charge in [0, 0.05) is 17.6 Å². The van der Waals surface area contributed by atoms with Crippen LogP contribution in [0, 0.1) is 0 Å². The van der Waals surface area contributed by atoms with E-state index in [1.54, 1.807) is 12.1 Å². The zero-order chi connectivity index (χ0) is 14.6. The molecule has 1 aromatic rings. The molecule has 0 radical (unpaired) electrons. The largest absolute Gasteiger partial charge is 0.370 e. The first-order valence-corrected chi connectivity index (χ1v) is 7.64. The Kier molecular flexibility index (Phi) is 4.86. The van der Waals surface area contributed by atoms with Gasteiger partial charge in [0.1, 0.15) is 11.0 Å². The van der Waals surface area contributed by atoms with Gasteiger partial charge in [-0.2, -0.15) is 0 Å². The van der Waals surface area contributed by atoms with E-state index < -0.39 is 0 Å². The highest BCUT2D eigenvalue weighted by atomic mass is 35.5. The van der Waals surface area contributed by atoms with Crippen LogP contribution in [-0.4, -0.2) is 23.0 Å². The third-order valence-electron chi connectivity index (χ3n) is 3.73. The number of pyridine rings is 1. The smallest absolute Gasteiger partial charge is 0.251 e. The van der Waals surface area contributed by atoms with Crippen LogP contribution in [-0.2, 0) is 0 Å². The molecule has 1 aliphatic carbocycles. The molecule has 2 rings (SSSR count). The van der Waals surface area contributed by atoms with Crippen molar-refractivity contribution < 1.29 is 4.79 Å². The molecule has 5 heteroatoms. The number of aromatic nitrogens is 1. The summed E-state index contributed by atoms with van der Waals surface area (Å²) in [5.41, 5.74) is 0.487. The average Bonchev–Trinajstić information content (AvgIpc) is 2.82. The molecule has 0 bridgehead atoms. The summed E-state index contributed by atoms with van der Waals surface area (Å²) < 4.78 is 0. The van der Waals surface area contributed by atoms with Gasteiger partial charge in [-0.1, -0.05) is 31.4 Å². The van der Waals surface area contributed by atoms with Gasteiger partial charge in [-0.3, -0.25) is 4.79 Å². The van der Waals surface area contributed by atoms with E-state index >= 15 is 0 Å². The van der Waals surface area contributed by atoms with Crippen molar-refractivity contribution in [2.45, 2.75) is 51.5 Å². The Labute approximate surface area is 125 Å². The second-order valence-electron chi connectivity index (χ2n) is 5.71. The van der Waals surface area contributed by atoms with Gasteiger partial charge in [0.15, 0.2) is 0 Å². The summed E-state index contributed by atoms with van der Waals surface area (Å²) in [4.78, 5) is 16.5. The predicted molar refractivity (Wildman–Crippen MR) is 82.4 cm³/mol. The van der Waals surface area contributed by atoms with E-state index in [0.29, 0.717) is 16.5 Å². The highest BCUT2D eigenvalue weighted by molar-refractivity contribution is 6.29. The Hall–Kier alpha value is -1.29. The fraction of sp³-hybridized carbons (Fsp3) is 0.600. The van der Waals surface area contributed by atoms with Crippen LogP contribution in [0.1, 0.15) is 56.3 Å². The van der Waals surface area contributed by atoms with Gasteiger partial charge in [-0.05, 0) is 38.3 Å². The topological polar surface area (TPSA) is 54.0 Å². The SMILES string of the molecule is CCCNc1cc(C(=O)NC2(C)CCCC2)cc(Cl)n1. The minimum Gasteiger partial charge on any atom is -0.370 e. The molecule has 1 saturated carbocycles. The molecular weight excluding hydrogens is 274 g/mol. The number of nitrogens with one attached hydrogen (secondary N) is 2. The fourth-order valence-electron chi connectivity index (χ4n) is 2.60. The van der Waals surface area contributed by atoms with Gasteiger partial charge in [-0.15, -0.1) is 0 Å². The third kappa shape index (κ3) is 3.85. The highest BCUT2D eigenvalue weighted by Gasteiger charge is 2.30. The van der Waals surface area contributed by atoms with Crippen LogP contribution in [0.4, 0.5) is 5.82 Å². The van der Waals surface area contributed by atoms with Crippen LogP contribution in [0.5, 0.6) is 0 Å². The van der Waals surface area contributed by atoms with Gasteiger partial charge >= 0.3 is 0 Å². The zero-order valence-electron chi connectivity index (χ0n) is 12.1. The molecule has 110 valence electrons. The molecule has 1 aliphatic rings. The van der Waals surface area contributed by atoms with Crippen molar-refractivity contribution in [3.05, 3.63) is 22.8 Å². The molecule has 0 atom stereocenters. The van der Waals surface area contributed by atoms with Crippen molar-refractivity contribution in [3.63, 3.8) is 0 Å². The first-order chi connectivity index (χ1) is 9.52. The lowest BCUT2D eigenvalue weighted by Crippen LogP contribution is -2.43. The molecule has 4 nitrogen and oxygen atoms in total. The minimum absolute atomic E-state index is 0.0711. The van der Waals surface area contributed by atoms with Crippen molar-refractivity contribution in [1.82, 2.24) is 10.3 Å². The van der Waals surface area contributed by atoms with E-state index in [0.717, 1.165) is 25.8 Å². The number of hydrogen-bond donors (Lipinski definition) is 2. The Balaban J connectivity index is 2.10. The number of nitrogens with zero attached hydrogens (tertiary/aromatic N) is 1. The lowest BCUT2D eigenvalue weighted by Gasteiger charge is -2.25. The number of carbonyl (C=O) groups excluding carboxylic acids is 1. The molecule has 1 amide bonds. The Morgan fingerprint density at radius 1 is 1.40 bits per heavy atom. The van der Waals surface area contributed by atoms with Crippen molar-refractivity contribution in [3.8, 4) is 0 Å². The third-order valence-corrected chi connectivity index (χ3v) is 3.93. The van der Waals surface area contributed by atoms with Gasteiger partial charge < -0.3 is 10.6 Å². The molecule has 0 aliphatic heterocycles. The van der Waals surface area contributed by atoms with Crippen LogP contribution in [0.3, 0.4) is 0 Å². The van der Waals surface area contributed by atoms with Crippen molar-refractivity contribution in [2.24, 2.45) is 0 Å². The maximum atomic E-state index is 12.4. The second-order valence-corrected chi connectivity index (χ2v) is 6.10. The molecule has 20 heavy (non-hydrogen) atoms. The maximum absolute atomic E-state index is 12.4. The van der Waals surface area contributed by atoms with Gasteiger partial charge in [0.25, 0.3) is 5.91 Å². The molecule has 0 aromatic carbocycles. The normalized spacial score (nSPS) is 16.9. The number of anilines is 1. The Bertz CT molecular complexity index is 484. The summed E-state index contributed by atoms with van der Waals surface area (Å²) in [6.07, 6.45) is 5.43. The summed E-state index contributed by atoms with van der Waals surface area (Å²) >= 11 is 5.99. The molecule has 1 fully saturated rings. The van der Waals surface area contributed by atoms with Crippen LogP contribution in [0.2, 0.25) is 5.15 Å². The van der Waals surface area contributed by atoms with E-state index in [4.69, 9.17) is 11.6 Å². The monoisotopic (exact) mass is 295 g/mol. The lowest BCUT2D eigenvalue weighted by molar-refractivity contribution is 0.0908. The molecule has 1 aromatic heterocycles. The molecule has 0 saturated heterocycles. The standard InChI is InChI=1S/C15H22ClN3O/c1-3-8-17-13-10-11(9-12(16)18-13)14(20)19-15(2)6-4-5-7-15/h9-10H,3-8H2,1-2H3,(H,17,18)(H,19,20). The van der Waals surface area contributed by atoms with Crippen molar-refractivity contribution in [1.29, 1.82) is 0 Å². The predicted octanol–water partition coefficient (Wildman–Crippen LogP) is 3.62. The average molecular weight is 296 g/mol. The summed E-state index contributed by atoms with van der Waals surface area (Å²) in [6, 6.07) is 3.38. The van der Waals surface area contributed by atoms with Crippen LogP contribution < -0.4 is 10.6 Å². The minimum atomic E-state index is -0.0795. The molecule has 0 spiro atoms. The number of carbonyl (C=O) groups is 1. The lowest BCUT2D eigenvalue weighted by atomic mass is 10.00. The summed E-state index contributed by atoms with van der Waals surface area (Å²) in [5, 5.41) is 6.63. The number of rotatable bonds is 5. The Morgan fingerprint density at radius 3 is 2.75 bits per heavy atom. The van der Waals surface area contributed by atoms with Gasteiger partial charge in [0.05, 0.1) is 0 Å². The fourth-order valence-corrected chi connectivity index (χ4v) is 2.81. The quantitative estimate of drug-likeness (QED) is 0.816. The molecule has 1 heterocycles. The van der Waals surface area contributed by atoms with Gasteiger partial charge in [0.2, 0.25) is 0 Å². The summed E-state index contributed by atoms with van der Waals surface area (Å²) in [5.74, 6) is 0.583. The number of amides is 1. The first kappa shape index (κ1) is 15.1. The van der Waals surface area contributed by atoms with E-state index in [-0.39, 0.29) is 11.4 Å². The second kappa shape index (κ2) is 6.44. The van der Waals surface area contributed by atoms with E-state index in [1.165, 1.54) is 12.8 Å². The van der Waals surface area contributed by atoms with Crippen LogP contribution in [0.25, 0.3) is 0 Å². The van der Waals surface area contributed by atoms with E-state index in [1.807, 2.05) is 0 Å². The first-order valence-electron chi connectivity index (χ1n) is 7.26. The zero-order valence-corrected chi connectivity index (χ0v) is 12.9. The maximum Gasteiger partial charge on any atom is 0.251 e. The van der Waals surface area contributed by atoms with Crippen LogP contribution in [0.15, 0.2) is 12.1 Å². The van der Waals surface area contributed by atoms with E-state index in [2.05, 4.69) is 29.5 Å². The molecule has 2 N–H and O–H groups in total. The highest BCUT2D eigenvalue weighted by Crippen LogP contribution is 2.29. The van der Waals surface area contributed by atoms with Crippen molar-refractivity contribution >= 4 is 23.3 Å². The van der Waals surface area contributed by atoms with E-state index in [9.17, 15) is 4.79 Å². The number of halogens is 1. The van der Waals surface area contributed by atoms with Gasteiger partial charge in [-0.25, -0.2) is 4.98 Å². The molecular formula is C15H22ClN3O. The van der Waals surface area contributed by atoms with Crippen LogP contribution >= 0.6 is 11.6 Å². The molecule has 0 unspecified atom stereocenters. The summed E-state index contributed by atoms with van der Waals surface area (Å²) in [7, 11) is 0. The van der Waals surface area contributed by atoms with Crippen molar-refractivity contribution in [2.75, 3.05) is 11.9 Å². The summed E-state index contributed by atoms with van der Waals surface area (Å²) in [6.45, 7) is 5.00.